The molecule has 2 aromatic rings. The number of carboxylic acid groups (broad SMARTS) is 1. The topological polar surface area (TPSA) is 66.8 Å². The van der Waals surface area contributed by atoms with Crippen LogP contribution in [-0.4, -0.2) is 35.5 Å². The molecule has 0 bridgehead atoms. The molecule has 0 aliphatic carbocycles. The third-order valence-electron chi connectivity index (χ3n) is 3.14. The smallest absolute Gasteiger partial charge is 0.341 e. The first-order valence-corrected chi connectivity index (χ1v) is 7.63. The number of thiophene rings is 1. The summed E-state index contributed by atoms with van der Waals surface area (Å²) in [6, 6.07) is 7.04. The van der Waals surface area contributed by atoms with Crippen molar-refractivity contribution in [3.05, 3.63) is 51.7 Å². The summed E-state index contributed by atoms with van der Waals surface area (Å²) in [5.74, 6) is -0.528. The first kappa shape index (κ1) is 16.0. The van der Waals surface area contributed by atoms with Crippen molar-refractivity contribution >= 4 is 23.2 Å². The molecule has 0 radical (unpaired) electrons. The number of aliphatic carboxylic acids is 1. The van der Waals surface area contributed by atoms with Crippen molar-refractivity contribution in [2.24, 2.45) is 0 Å². The van der Waals surface area contributed by atoms with E-state index in [2.05, 4.69) is 0 Å². The van der Waals surface area contributed by atoms with Crippen LogP contribution in [0.1, 0.15) is 21.5 Å². The second-order valence-electron chi connectivity index (χ2n) is 4.96. The van der Waals surface area contributed by atoms with Gasteiger partial charge >= 0.3 is 5.97 Å². The van der Waals surface area contributed by atoms with Crippen molar-refractivity contribution in [1.29, 1.82) is 0 Å². The van der Waals surface area contributed by atoms with Crippen LogP contribution in [-0.2, 0) is 11.3 Å². The number of carbonyl (C=O) groups excluding carboxylic acids is 1. The van der Waals surface area contributed by atoms with Crippen LogP contribution in [0.5, 0.6) is 5.75 Å². The summed E-state index contributed by atoms with van der Waals surface area (Å²) >= 11 is 1.52. The predicted octanol–water partition coefficient (Wildman–Crippen LogP) is 2.79. The molecule has 0 aliphatic rings. The van der Waals surface area contributed by atoms with E-state index in [-0.39, 0.29) is 12.5 Å². The fourth-order valence-electron chi connectivity index (χ4n) is 1.97. The molecule has 1 aromatic heterocycles. The second kappa shape index (κ2) is 7.09. The highest BCUT2D eigenvalue weighted by molar-refractivity contribution is 7.08. The Morgan fingerprint density at radius 2 is 1.91 bits per heavy atom. The average Bonchev–Trinajstić information content (AvgIpc) is 2.91. The summed E-state index contributed by atoms with van der Waals surface area (Å²) in [6.45, 7) is 2.04. The van der Waals surface area contributed by atoms with Gasteiger partial charge in [0.05, 0.1) is 5.56 Å². The number of rotatable bonds is 6. The van der Waals surface area contributed by atoms with Crippen molar-refractivity contribution in [1.82, 2.24) is 4.90 Å². The molecule has 0 spiro atoms. The zero-order chi connectivity index (χ0) is 16.1. The maximum Gasteiger partial charge on any atom is 0.341 e. The minimum atomic E-state index is -1.01. The van der Waals surface area contributed by atoms with Gasteiger partial charge in [-0.15, -0.1) is 0 Å². The largest absolute Gasteiger partial charge is 0.482 e. The number of nitrogens with zero attached hydrogens (tertiary/aromatic N) is 1. The van der Waals surface area contributed by atoms with E-state index in [9.17, 15) is 9.59 Å². The second-order valence-corrected chi connectivity index (χ2v) is 5.70. The van der Waals surface area contributed by atoms with Gasteiger partial charge in [0.2, 0.25) is 0 Å². The van der Waals surface area contributed by atoms with E-state index in [0.29, 0.717) is 12.3 Å². The molecule has 0 saturated heterocycles. The molecule has 0 aliphatic heterocycles. The minimum absolute atomic E-state index is 0.00930. The quantitative estimate of drug-likeness (QED) is 0.889. The predicted molar refractivity (Wildman–Crippen MR) is 84.4 cm³/mol. The van der Waals surface area contributed by atoms with Gasteiger partial charge in [-0.2, -0.15) is 11.3 Å². The van der Waals surface area contributed by atoms with Gasteiger partial charge in [0.25, 0.3) is 5.91 Å². The number of carboxylic acids is 1. The Bertz CT molecular complexity index is 663. The normalized spacial score (nSPS) is 10.3. The molecular weight excluding hydrogens is 302 g/mol. The van der Waals surface area contributed by atoms with Gasteiger partial charge in [0, 0.05) is 19.0 Å². The Kier molecular flexibility index (Phi) is 5.16. The molecule has 22 heavy (non-hydrogen) atoms. The van der Waals surface area contributed by atoms with Gasteiger partial charge in [0.1, 0.15) is 5.75 Å². The Labute approximate surface area is 132 Å². The number of hydrogen-bond acceptors (Lipinski definition) is 4. The van der Waals surface area contributed by atoms with Gasteiger partial charge in [-0.3, -0.25) is 4.79 Å². The van der Waals surface area contributed by atoms with Crippen LogP contribution < -0.4 is 4.74 Å². The fraction of sp³-hybridized carbons (Fsp3) is 0.250. The summed E-state index contributed by atoms with van der Waals surface area (Å²) in [6.07, 6.45) is 0. The zero-order valence-corrected chi connectivity index (χ0v) is 13.2. The SMILES string of the molecule is Cc1cscc1C(=O)N(C)Cc1ccc(OCC(=O)O)cc1. The van der Waals surface area contributed by atoms with E-state index in [1.807, 2.05) is 29.8 Å². The van der Waals surface area contributed by atoms with E-state index in [4.69, 9.17) is 9.84 Å². The molecule has 1 heterocycles. The van der Waals surface area contributed by atoms with Crippen LogP contribution in [0, 0.1) is 6.92 Å². The maximum atomic E-state index is 12.3. The third-order valence-corrected chi connectivity index (χ3v) is 4.00. The maximum absolute atomic E-state index is 12.3. The van der Waals surface area contributed by atoms with Crippen LogP contribution in [0.2, 0.25) is 0 Å². The standard InChI is InChI=1S/C16H17NO4S/c1-11-9-22-10-14(11)16(20)17(2)7-12-3-5-13(6-4-12)21-8-15(18)19/h3-6,9-10H,7-8H2,1-2H3,(H,18,19). The summed E-state index contributed by atoms with van der Waals surface area (Å²) < 4.78 is 5.07. The van der Waals surface area contributed by atoms with E-state index >= 15 is 0 Å². The molecule has 0 unspecified atom stereocenters. The highest BCUT2D eigenvalue weighted by Crippen LogP contribution is 2.18. The molecule has 1 aromatic carbocycles. The van der Waals surface area contributed by atoms with Gasteiger partial charge in [-0.25, -0.2) is 4.79 Å². The summed E-state index contributed by atoms with van der Waals surface area (Å²) in [7, 11) is 1.76. The lowest BCUT2D eigenvalue weighted by Gasteiger charge is -2.17. The zero-order valence-electron chi connectivity index (χ0n) is 12.4. The molecule has 6 heteroatoms. The fourth-order valence-corrected chi connectivity index (χ4v) is 2.79. The molecule has 1 amide bonds. The van der Waals surface area contributed by atoms with Crippen molar-refractivity contribution in [3.8, 4) is 5.75 Å². The lowest BCUT2D eigenvalue weighted by Crippen LogP contribution is -2.26. The van der Waals surface area contributed by atoms with Gasteiger partial charge < -0.3 is 14.7 Å². The molecular formula is C16H17NO4S. The molecule has 0 saturated carbocycles. The Balaban J connectivity index is 1.97. The lowest BCUT2D eigenvalue weighted by atomic mass is 10.1. The summed E-state index contributed by atoms with van der Waals surface area (Å²) in [4.78, 5) is 24.4. The van der Waals surface area contributed by atoms with E-state index in [1.165, 1.54) is 11.3 Å². The average molecular weight is 319 g/mol. The Morgan fingerprint density at radius 3 is 2.45 bits per heavy atom. The molecule has 0 fully saturated rings. The van der Waals surface area contributed by atoms with E-state index in [0.717, 1.165) is 16.7 Å². The van der Waals surface area contributed by atoms with Crippen molar-refractivity contribution in [2.75, 3.05) is 13.7 Å². The molecule has 5 nitrogen and oxygen atoms in total. The molecule has 1 N–H and O–H groups in total. The number of amides is 1. The minimum Gasteiger partial charge on any atom is -0.482 e. The van der Waals surface area contributed by atoms with Crippen LogP contribution in [0.4, 0.5) is 0 Å². The Morgan fingerprint density at radius 1 is 1.23 bits per heavy atom. The van der Waals surface area contributed by atoms with Crippen LogP contribution in [0.15, 0.2) is 35.0 Å². The van der Waals surface area contributed by atoms with E-state index in [1.54, 1.807) is 24.1 Å². The van der Waals surface area contributed by atoms with Crippen LogP contribution >= 0.6 is 11.3 Å². The van der Waals surface area contributed by atoms with Crippen LogP contribution in [0.25, 0.3) is 0 Å². The van der Waals surface area contributed by atoms with Crippen molar-refractivity contribution < 1.29 is 19.4 Å². The monoisotopic (exact) mass is 319 g/mol. The van der Waals surface area contributed by atoms with Crippen LogP contribution in [0.3, 0.4) is 0 Å². The van der Waals surface area contributed by atoms with Gasteiger partial charge in [0.15, 0.2) is 6.61 Å². The molecule has 0 atom stereocenters. The number of benzene rings is 1. The van der Waals surface area contributed by atoms with Gasteiger partial charge in [-0.05, 0) is 35.6 Å². The first-order valence-electron chi connectivity index (χ1n) is 6.69. The first-order chi connectivity index (χ1) is 10.5. The van der Waals surface area contributed by atoms with E-state index < -0.39 is 5.97 Å². The Hall–Kier alpha value is -2.34. The molecule has 116 valence electrons. The number of aryl methyl sites for hydroxylation is 1. The van der Waals surface area contributed by atoms with Crippen molar-refractivity contribution in [2.45, 2.75) is 13.5 Å². The third kappa shape index (κ3) is 4.08. The van der Waals surface area contributed by atoms with Crippen molar-refractivity contribution in [3.63, 3.8) is 0 Å². The number of ether oxygens (including phenoxy) is 1. The number of hydrogen-bond donors (Lipinski definition) is 1. The molecule has 2 rings (SSSR count). The summed E-state index contributed by atoms with van der Waals surface area (Å²) in [5, 5.41) is 12.4. The lowest BCUT2D eigenvalue weighted by molar-refractivity contribution is -0.139. The number of carbonyl (C=O) groups is 2. The summed E-state index contributed by atoms with van der Waals surface area (Å²) in [5.41, 5.74) is 2.67. The van der Waals surface area contributed by atoms with Gasteiger partial charge in [-0.1, -0.05) is 12.1 Å². The highest BCUT2D eigenvalue weighted by Gasteiger charge is 2.15. The highest BCUT2D eigenvalue weighted by atomic mass is 32.1.